The largest absolute Gasteiger partial charge is 0.490 e. The molecule has 24 heavy (non-hydrogen) atoms. The van der Waals surface area contributed by atoms with Crippen molar-refractivity contribution in [1.29, 1.82) is 0 Å². The lowest BCUT2D eigenvalue weighted by Crippen LogP contribution is -2.14. The summed E-state index contributed by atoms with van der Waals surface area (Å²) in [6.07, 6.45) is 1.68. The van der Waals surface area contributed by atoms with Gasteiger partial charge in [-0.1, -0.05) is 24.8 Å². The second-order valence-electron chi connectivity index (χ2n) is 4.92. The van der Waals surface area contributed by atoms with Crippen LogP contribution in [0.2, 0.25) is 0 Å². The van der Waals surface area contributed by atoms with Crippen LogP contribution < -0.4 is 14.8 Å². The van der Waals surface area contributed by atoms with Crippen LogP contribution in [0.15, 0.2) is 61.2 Å². The first kappa shape index (κ1) is 17.6. The normalized spacial score (nSPS) is 10.0. The maximum Gasteiger partial charge on any atom is 0.259 e. The molecule has 0 aromatic heterocycles. The predicted molar refractivity (Wildman–Crippen MR) is 93.9 cm³/mol. The first-order chi connectivity index (χ1) is 11.7. The Hall–Kier alpha value is -2.79. The minimum atomic E-state index is -0.234. The molecule has 2 rings (SSSR count). The van der Waals surface area contributed by atoms with Crippen molar-refractivity contribution in [3.8, 4) is 11.5 Å². The molecule has 1 N–H and O–H groups in total. The van der Waals surface area contributed by atoms with E-state index in [9.17, 15) is 4.79 Å². The van der Waals surface area contributed by atoms with Gasteiger partial charge in [0, 0.05) is 12.8 Å². The number of benzene rings is 2. The molecule has 0 aliphatic rings. The van der Waals surface area contributed by atoms with Crippen LogP contribution in [0.5, 0.6) is 11.5 Å². The molecule has 0 spiro atoms. The van der Waals surface area contributed by atoms with Gasteiger partial charge in [-0.25, -0.2) is 0 Å². The zero-order chi connectivity index (χ0) is 17.2. The molecule has 126 valence electrons. The van der Waals surface area contributed by atoms with Crippen LogP contribution in [0.4, 0.5) is 5.69 Å². The van der Waals surface area contributed by atoms with E-state index in [-0.39, 0.29) is 5.91 Å². The number of hydrogen-bond acceptors (Lipinski definition) is 4. The minimum absolute atomic E-state index is 0.234. The van der Waals surface area contributed by atoms with Crippen molar-refractivity contribution in [2.24, 2.45) is 0 Å². The lowest BCUT2D eigenvalue weighted by Gasteiger charge is -2.12. The van der Waals surface area contributed by atoms with Crippen molar-refractivity contribution < 1.29 is 19.0 Å². The number of methoxy groups -OCH3 is 1. The number of carbonyl (C=O) groups excluding carboxylic acids is 1. The second kappa shape index (κ2) is 9.37. The molecule has 0 aliphatic carbocycles. The molecule has 1 amide bonds. The molecule has 2 aromatic rings. The Balaban J connectivity index is 2.02. The number of anilines is 1. The summed E-state index contributed by atoms with van der Waals surface area (Å²) >= 11 is 0. The van der Waals surface area contributed by atoms with Gasteiger partial charge in [-0.05, 0) is 36.4 Å². The van der Waals surface area contributed by atoms with Gasteiger partial charge in [-0.2, -0.15) is 0 Å². The Morgan fingerprint density at radius 3 is 2.54 bits per heavy atom. The van der Waals surface area contributed by atoms with Gasteiger partial charge in [-0.15, -0.1) is 0 Å². The van der Waals surface area contributed by atoms with Crippen molar-refractivity contribution in [2.45, 2.75) is 0 Å². The van der Waals surface area contributed by atoms with Gasteiger partial charge < -0.3 is 19.5 Å². The Bertz CT molecular complexity index is 667. The van der Waals surface area contributed by atoms with Crippen LogP contribution >= 0.6 is 0 Å². The van der Waals surface area contributed by atoms with E-state index in [0.717, 1.165) is 5.75 Å². The zero-order valence-electron chi connectivity index (χ0n) is 13.7. The molecule has 0 bridgehead atoms. The van der Waals surface area contributed by atoms with Crippen LogP contribution in [-0.4, -0.2) is 32.8 Å². The maximum absolute atomic E-state index is 12.5. The third kappa shape index (κ3) is 5.14. The monoisotopic (exact) mass is 327 g/mol. The van der Waals surface area contributed by atoms with Crippen LogP contribution in [0, 0.1) is 0 Å². The number of amides is 1. The number of ether oxygens (including phenoxy) is 3. The van der Waals surface area contributed by atoms with Crippen LogP contribution in [0.1, 0.15) is 10.4 Å². The van der Waals surface area contributed by atoms with Gasteiger partial charge in [0.1, 0.15) is 24.7 Å². The zero-order valence-corrected chi connectivity index (χ0v) is 13.7. The average molecular weight is 327 g/mol. The molecule has 0 aliphatic heterocycles. The lowest BCUT2D eigenvalue weighted by atomic mass is 10.2. The smallest absolute Gasteiger partial charge is 0.259 e. The fourth-order valence-electron chi connectivity index (χ4n) is 2.00. The van der Waals surface area contributed by atoms with Gasteiger partial charge in [0.25, 0.3) is 5.91 Å². The highest BCUT2D eigenvalue weighted by molar-refractivity contribution is 6.06. The van der Waals surface area contributed by atoms with E-state index >= 15 is 0 Å². The molecular formula is C19H21NO4. The fourth-order valence-corrected chi connectivity index (χ4v) is 2.00. The van der Waals surface area contributed by atoms with E-state index in [4.69, 9.17) is 14.2 Å². The summed E-state index contributed by atoms with van der Waals surface area (Å²) in [7, 11) is 1.60. The molecule has 5 nitrogen and oxygen atoms in total. The first-order valence-corrected chi connectivity index (χ1v) is 7.60. The Morgan fingerprint density at radius 2 is 1.83 bits per heavy atom. The average Bonchev–Trinajstić information content (AvgIpc) is 2.62. The molecular weight excluding hydrogens is 306 g/mol. The van der Waals surface area contributed by atoms with Crippen molar-refractivity contribution in [3.05, 3.63) is 66.7 Å². The third-order valence-corrected chi connectivity index (χ3v) is 3.16. The molecule has 0 atom stereocenters. The molecule has 0 heterocycles. The van der Waals surface area contributed by atoms with E-state index in [1.165, 1.54) is 0 Å². The summed E-state index contributed by atoms with van der Waals surface area (Å²) in [5.74, 6) is 1.01. The van der Waals surface area contributed by atoms with Gasteiger partial charge in [0.05, 0.1) is 12.2 Å². The van der Waals surface area contributed by atoms with Crippen LogP contribution in [0.25, 0.3) is 0 Å². The Labute approximate surface area is 141 Å². The highest BCUT2D eigenvalue weighted by Crippen LogP contribution is 2.21. The molecule has 5 heteroatoms. The van der Waals surface area contributed by atoms with Crippen molar-refractivity contribution in [2.75, 3.05) is 32.2 Å². The van der Waals surface area contributed by atoms with Gasteiger partial charge >= 0.3 is 0 Å². The molecule has 2 aromatic carbocycles. The van der Waals surface area contributed by atoms with Crippen LogP contribution in [-0.2, 0) is 4.74 Å². The van der Waals surface area contributed by atoms with E-state index < -0.39 is 0 Å². The standard InChI is InChI=1S/C19H21NO4/c1-3-12-23-16-10-8-15(9-11-16)20-19(21)17-6-4-5-7-18(17)24-14-13-22-2/h3-11H,1,12-14H2,2H3,(H,20,21). The third-order valence-electron chi connectivity index (χ3n) is 3.16. The highest BCUT2D eigenvalue weighted by atomic mass is 16.5. The molecule has 0 radical (unpaired) electrons. The van der Waals surface area contributed by atoms with Gasteiger partial charge in [0.2, 0.25) is 0 Å². The van der Waals surface area contributed by atoms with Gasteiger partial charge in [-0.3, -0.25) is 4.79 Å². The summed E-state index contributed by atoms with van der Waals surface area (Å²) in [6.45, 7) is 4.89. The summed E-state index contributed by atoms with van der Waals surface area (Å²) < 4.78 is 16.0. The summed E-state index contributed by atoms with van der Waals surface area (Å²) in [4.78, 5) is 12.5. The Morgan fingerprint density at radius 1 is 1.08 bits per heavy atom. The topological polar surface area (TPSA) is 56.8 Å². The summed E-state index contributed by atoms with van der Waals surface area (Å²) in [6, 6.07) is 14.3. The van der Waals surface area contributed by atoms with Crippen molar-refractivity contribution >= 4 is 11.6 Å². The number of para-hydroxylation sites is 1. The quantitative estimate of drug-likeness (QED) is 0.565. The molecule has 0 saturated carbocycles. The number of rotatable bonds is 9. The maximum atomic E-state index is 12.5. The van der Waals surface area contributed by atoms with Crippen molar-refractivity contribution in [3.63, 3.8) is 0 Å². The molecule has 0 unspecified atom stereocenters. The van der Waals surface area contributed by atoms with Crippen molar-refractivity contribution in [1.82, 2.24) is 0 Å². The molecule has 0 fully saturated rings. The van der Waals surface area contributed by atoms with E-state index in [1.54, 1.807) is 55.7 Å². The predicted octanol–water partition coefficient (Wildman–Crippen LogP) is 3.53. The van der Waals surface area contributed by atoms with Crippen LogP contribution in [0.3, 0.4) is 0 Å². The van der Waals surface area contributed by atoms with Gasteiger partial charge in [0.15, 0.2) is 0 Å². The molecule has 0 saturated heterocycles. The lowest BCUT2D eigenvalue weighted by molar-refractivity contribution is 0.101. The number of hydrogen-bond donors (Lipinski definition) is 1. The number of carbonyl (C=O) groups is 1. The highest BCUT2D eigenvalue weighted by Gasteiger charge is 2.12. The second-order valence-corrected chi connectivity index (χ2v) is 4.92. The summed E-state index contributed by atoms with van der Waals surface area (Å²) in [5, 5.41) is 2.85. The Kier molecular flexibility index (Phi) is 6.86. The summed E-state index contributed by atoms with van der Waals surface area (Å²) in [5.41, 5.74) is 1.15. The van der Waals surface area contributed by atoms with E-state index in [0.29, 0.717) is 36.8 Å². The van der Waals surface area contributed by atoms with E-state index in [1.807, 2.05) is 6.07 Å². The van der Waals surface area contributed by atoms with E-state index in [2.05, 4.69) is 11.9 Å². The SMILES string of the molecule is C=CCOc1ccc(NC(=O)c2ccccc2OCCOC)cc1. The number of nitrogens with one attached hydrogen (secondary N) is 1. The fraction of sp³-hybridized carbons (Fsp3) is 0.211. The first-order valence-electron chi connectivity index (χ1n) is 7.60. The minimum Gasteiger partial charge on any atom is -0.490 e.